The van der Waals surface area contributed by atoms with Crippen LogP contribution in [0.15, 0.2) is 18.2 Å². The highest BCUT2D eigenvalue weighted by molar-refractivity contribution is 5.76. The SMILES string of the molecule is CCNC(=O)CCNc1ccc(F)cc1C#N. The largest absolute Gasteiger partial charge is 0.383 e. The minimum absolute atomic E-state index is 0.0550. The smallest absolute Gasteiger partial charge is 0.221 e. The third kappa shape index (κ3) is 4.11. The predicted octanol–water partition coefficient (Wildman–Crippen LogP) is 1.64. The minimum Gasteiger partial charge on any atom is -0.383 e. The van der Waals surface area contributed by atoms with Crippen LogP contribution in [0.1, 0.15) is 18.9 Å². The van der Waals surface area contributed by atoms with Gasteiger partial charge in [-0.1, -0.05) is 0 Å². The van der Waals surface area contributed by atoms with E-state index in [1.807, 2.05) is 13.0 Å². The molecule has 90 valence electrons. The number of hydrogen-bond acceptors (Lipinski definition) is 3. The molecular formula is C12H14FN3O. The Bertz CT molecular complexity index is 440. The van der Waals surface area contributed by atoms with Crippen LogP contribution in [0.4, 0.5) is 10.1 Å². The molecule has 1 rings (SSSR count). The second-order valence-corrected chi connectivity index (χ2v) is 3.43. The fourth-order valence-corrected chi connectivity index (χ4v) is 1.36. The zero-order valence-corrected chi connectivity index (χ0v) is 9.59. The number of carbonyl (C=O) groups excluding carboxylic acids is 1. The number of hydrogen-bond donors (Lipinski definition) is 2. The van der Waals surface area contributed by atoms with Gasteiger partial charge in [0.2, 0.25) is 5.91 Å². The van der Waals surface area contributed by atoms with Gasteiger partial charge in [0.05, 0.1) is 11.3 Å². The van der Waals surface area contributed by atoms with Crippen LogP contribution < -0.4 is 10.6 Å². The van der Waals surface area contributed by atoms with Gasteiger partial charge in [-0.3, -0.25) is 4.79 Å². The fraction of sp³-hybridized carbons (Fsp3) is 0.333. The lowest BCUT2D eigenvalue weighted by atomic mass is 10.2. The molecule has 1 aromatic rings. The van der Waals surface area contributed by atoms with E-state index in [0.29, 0.717) is 25.2 Å². The lowest BCUT2D eigenvalue weighted by Gasteiger charge is -2.08. The third-order valence-electron chi connectivity index (χ3n) is 2.14. The minimum atomic E-state index is -0.448. The first-order valence-corrected chi connectivity index (χ1v) is 5.37. The molecular weight excluding hydrogens is 221 g/mol. The highest BCUT2D eigenvalue weighted by Gasteiger charge is 2.04. The third-order valence-corrected chi connectivity index (χ3v) is 2.14. The Morgan fingerprint density at radius 1 is 1.53 bits per heavy atom. The van der Waals surface area contributed by atoms with Crippen LogP contribution >= 0.6 is 0 Å². The number of nitrogens with zero attached hydrogens (tertiary/aromatic N) is 1. The molecule has 2 N–H and O–H groups in total. The number of benzene rings is 1. The van der Waals surface area contributed by atoms with E-state index in [2.05, 4.69) is 10.6 Å². The Hall–Kier alpha value is -2.09. The number of amides is 1. The summed E-state index contributed by atoms with van der Waals surface area (Å²) in [5.41, 5.74) is 0.777. The highest BCUT2D eigenvalue weighted by atomic mass is 19.1. The molecule has 0 heterocycles. The van der Waals surface area contributed by atoms with Crippen molar-refractivity contribution < 1.29 is 9.18 Å². The molecule has 0 spiro atoms. The maximum absolute atomic E-state index is 12.8. The van der Waals surface area contributed by atoms with Crippen LogP contribution in [0.5, 0.6) is 0 Å². The van der Waals surface area contributed by atoms with E-state index in [0.717, 1.165) is 6.07 Å². The Morgan fingerprint density at radius 2 is 2.29 bits per heavy atom. The molecule has 0 unspecified atom stereocenters. The summed E-state index contributed by atoms with van der Waals surface area (Å²) in [6.45, 7) is 2.85. The molecule has 17 heavy (non-hydrogen) atoms. The average Bonchev–Trinajstić information content (AvgIpc) is 2.31. The maximum Gasteiger partial charge on any atom is 0.221 e. The summed E-state index contributed by atoms with van der Waals surface area (Å²) in [7, 11) is 0. The summed E-state index contributed by atoms with van der Waals surface area (Å²) >= 11 is 0. The Morgan fingerprint density at radius 3 is 2.94 bits per heavy atom. The average molecular weight is 235 g/mol. The topological polar surface area (TPSA) is 64.9 Å². The van der Waals surface area contributed by atoms with Crippen LogP contribution in [0, 0.1) is 17.1 Å². The van der Waals surface area contributed by atoms with Crippen LogP contribution in [-0.2, 0) is 4.79 Å². The number of anilines is 1. The predicted molar refractivity (Wildman–Crippen MR) is 62.9 cm³/mol. The van der Waals surface area contributed by atoms with Gasteiger partial charge in [-0.15, -0.1) is 0 Å². The summed E-state index contributed by atoms with van der Waals surface area (Å²) < 4.78 is 12.8. The molecule has 0 aliphatic rings. The van der Waals surface area contributed by atoms with E-state index in [1.54, 1.807) is 0 Å². The van der Waals surface area contributed by atoms with Crippen LogP contribution in [0.3, 0.4) is 0 Å². The molecule has 0 aliphatic carbocycles. The standard InChI is InChI=1S/C12H14FN3O/c1-2-15-12(17)5-6-16-11-4-3-10(13)7-9(11)8-14/h3-4,7,16H,2,5-6H2,1H3,(H,15,17). The number of carbonyl (C=O) groups is 1. The van der Waals surface area contributed by atoms with Gasteiger partial charge in [0.1, 0.15) is 11.9 Å². The Balaban J connectivity index is 2.52. The van der Waals surface area contributed by atoms with E-state index >= 15 is 0 Å². The number of nitriles is 1. The van der Waals surface area contributed by atoms with Crippen molar-refractivity contribution in [2.24, 2.45) is 0 Å². The zero-order chi connectivity index (χ0) is 12.7. The van der Waals surface area contributed by atoms with Crippen molar-refractivity contribution in [2.45, 2.75) is 13.3 Å². The molecule has 4 nitrogen and oxygen atoms in total. The summed E-state index contributed by atoms with van der Waals surface area (Å²) in [5, 5.41) is 14.4. The summed E-state index contributed by atoms with van der Waals surface area (Å²) in [4.78, 5) is 11.2. The van der Waals surface area contributed by atoms with Gasteiger partial charge < -0.3 is 10.6 Å². The van der Waals surface area contributed by atoms with Crippen LogP contribution in [0.2, 0.25) is 0 Å². The molecule has 5 heteroatoms. The van der Waals surface area contributed by atoms with Crippen LogP contribution in [-0.4, -0.2) is 19.0 Å². The first-order chi connectivity index (χ1) is 8.17. The zero-order valence-electron chi connectivity index (χ0n) is 9.59. The quantitative estimate of drug-likeness (QED) is 0.815. The normalized spacial score (nSPS) is 9.47. The summed E-state index contributed by atoms with van der Waals surface area (Å²) in [6.07, 6.45) is 0.316. The Kier molecular flexibility index (Phi) is 4.95. The molecule has 0 saturated carbocycles. The molecule has 0 saturated heterocycles. The van der Waals surface area contributed by atoms with E-state index in [-0.39, 0.29) is 11.5 Å². The van der Waals surface area contributed by atoms with E-state index < -0.39 is 5.82 Å². The Labute approximate surface area is 99.4 Å². The molecule has 0 bridgehead atoms. The molecule has 0 aromatic heterocycles. The van der Waals surface area contributed by atoms with Crippen molar-refractivity contribution in [3.8, 4) is 6.07 Å². The number of nitrogens with one attached hydrogen (secondary N) is 2. The fourth-order valence-electron chi connectivity index (χ4n) is 1.36. The van der Waals surface area contributed by atoms with Crippen molar-refractivity contribution in [3.05, 3.63) is 29.6 Å². The first-order valence-electron chi connectivity index (χ1n) is 5.37. The molecule has 0 aliphatic heterocycles. The second kappa shape index (κ2) is 6.48. The van der Waals surface area contributed by atoms with Gasteiger partial charge in [-0.2, -0.15) is 5.26 Å². The molecule has 0 atom stereocenters. The second-order valence-electron chi connectivity index (χ2n) is 3.43. The monoisotopic (exact) mass is 235 g/mol. The van der Waals surface area contributed by atoms with Crippen molar-refractivity contribution in [3.63, 3.8) is 0 Å². The van der Waals surface area contributed by atoms with E-state index in [1.165, 1.54) is 12.1 Å². The number of rotatable bonds is 5. The highest BCUT2D eigenvalue weighted by Crippen LogP contribution is 2.15. The summed E-state index contributed by atoms with van der Waals surface area (Å²) in [5.74, 6) is -0.503. The maximum atomic E-state index is 12.8. The lowest BCUT2D eigenvalue weighted by molar-refractivity contribution is -0.120. The van der Waals surface area contributed by atoms with Gasteiger partial charge in [-0.25, -0.2) is 4.39 Å². The molecule has 1 aromatic carbocycles. The molecule has 1 amide bonds. The van der Waals surface area contributed by atoms with Crippen LogP contribution in [0.25, 0.3) is 0 Å². The van der Waals surface area contributed by atoms with Crippen molar-refractivity contribution in [1.82, 2.24) is 5.32 Å². The van der Waals surface area contributed by atoms with Gasteiger partial charge in [0.15, 0.2) is 0 Å². The number of halogens is 1. The van der Waals surface area contributed by atoms with Crippen molar-refractivity contribution in [2.75, 3.05) is 18.4 Å². The van der Waals surface area contributed by atoms with Gasteiger partial charge >= 0.3 is 0 Å². The van der Waals surface area contributed by atoms with Crippen molar-refractivity contribution in [1.29, 1.82) is 5.26 Å². The van der Waals surface area contributed by atoms with E-state index in [9.17, 15) is 9.18 Å². The van der Waals surface area contributed by atoms with E-state index in [4.69, 9.17) is 5.26 Å². The van der Waals surface area contributed by atoms with Crippen molar-refractivity contribution >= 4 is 11.6 Å². The summed E-state index contributed by atoms with van der Waals surface area (Å²) in [6, 6.07) is 5.82. The van der Waals surface area contributed by atoms with Gasteiger partial charge in [-0.05, 0) is 25.1 Å². The molecule has 0 radical (unpaired) electrons. The van der Waals surface area contributed by atoms with Gasteiger partial charge in [0.25, 0.3) is 0 Å². The first kappa shape index (κ1) is 13.0. The molecule has 0 fully saturated rings. The lowest BCUT2D eigenvalue weighted by Crippen LogP contribution is -2.24. The van der Waals surface area contributed by atoms with Gasteiger partial charge in [0, 0.05) is 19.5 Å².